The fraction of sp³-hybridized carbons (Fsp3) is 0.200. The monoisotopic (exact) mass is 319 g/mol. The van der Waals surface area contributed by atoms with E-state index in [1.807, 2.05) is 5.38 Å². The van der Waals surface area contributed by atoms with Gasteiger partial charge < -0.3 is 5.32 Å². The Morgan fingerprint density at radius 1 is 1.38 bits per heavy atom. The van der Waals surface area contributed by atoms with Gasteiger partial charge in [-0.2, -0.15) is 16.4 Å². The van der Waals surface area contributed by atoms with Crippen LogP contribution in [-0.2, 0) is 0 Å². The lowest BCUT2D eigenvalue weighted by Gasteiger charge is -2.23. The summed E-state index contributed by atoms with van der Waals surface area (Å²) in [5.41, 5.74) is 3.12. The molecule has 1 aliphatic rings. The molecule has 0 unspecified atom stereocenters. The number of nitrogens with zero attached hydrogens (tertiary/aromatic N) is 2. The second-order valence-corrected chi connectivity index (χ2v) is 5.90. The minimum absolute atomic E-state index is 0.000417. The Labute approximate surface area is 132 Å². The number of thiophene rings is 1. The number of hydrogen-bond donors (Lipinski definition) is 1. The summed E-state index contributed by atoms with van der Waals surface area (Å²) in [4.78, 5) is 0. The average Bonchev–Trinajstić information content (AvgIpc) is 3.16. The molecule has 108 valence electrons. The van der Waals surface area contributed by atoms with Crippen LogP contribution in [0.1, 0.15) is 23.6 Å². The van der Waals surface area contributed by atoms with Crippen molar-refractivity contribution in [1.82, 2.24) is 10.3 Å². The lowest BCUT2D eigenvalue weighted by Crippen LogP contribution is -2.34. The summed E-state index contributed by atoms with van der Waals surface area (Å²) >= 11 is 6.98. The molecular weight excluding hydrogens is 305 g/mol. The molecule has 2 heterocycles. The number of thiocarbonyl (C=S) groups is 1. The fourth-order valence-corrected chi connectivity index (χ4v) is 3.19. The lowest BCUT2D eigenvalue weighted by atomic mass is 10.00. The zero-order chi connectivity index (χ0) is 14.8. The van der Waals surface area contributed by atoms with Crippen molar-refractivity contribution in [2.24, 2.45) is 5.10 Å². The zero-order valence-corrected chi connectivity index (χ0v) is 13.0. The highest BCUT2D eigenvalue weighted by Crippen LogP contribution is 2.33. The first-order chi connectivity index (χ1) is 10.2. The molecule has 0 radical (unpaired) electrons. The molecule has 0 spiro atoms. The van der Waals surface area contributed by atoms with Gasteiger partial charge in [-0.25, -0.2) is 9.40 Å². The zero-order valence-electron chi connectivity index (χ0n) is 11.4. The molecular formula is C15H14FN3S2. The van der Waals surface area contributed by atoms with Crippen LogP contribution in [0.2, 0.25) is 0 Å². The molecule has 3 rings (SSSR count). The Kier molecular flexibility index (Phi) is 3.98. The fourth-order valence-electron chi connectivity index (χ4n) is 2.36. The van der Waals surface area contributed by atoms with E-state index in [0.29, 0.717) is 5.11 Å². The minimum Gasteiger partial charge on any atom is -0.364 e. The Morgan fingerprint density at radius 2 is 2.14 bits per heavy atom. The summed E-state index contributed by atoms with van der Waals surface area (Å²) in [5.74, 6) is -0.238. The molecule has 1 aromatic heterocycles. The van der Waals surface area contributed by atoms with Crippen molar-refractivity contribution in [1.29, 1.82) is 0 Å². The summed E-state index contributed by atoms with van der Waals surface area (Å²) in [6.07, 6.45) is 0.754. The third kappa shape index (κ3) is 2.82. The lowest BCUT2D eigenvalue weighted by molar-refractivity contribution is 0.366. The number of hydrogen-bond acceptors (Lipinski definition) is 3. The summed E-state index contributed by atoms with van der Waals surface area (Å²) in [5, 5.41) is 14.1. The van der Waals surface area contributed by atoms with E-state index in [0.717, 1.165) is 23.3 Å². The second kappa shape index (κ2) is 5.91. The van der Waals surface area contributed by atoms with Crippen molar-refractivity contribution >= 4 is 34.4 Å². The van der Waals surface area contributed by atoms with Crippen LogP contribution in [0.25, 0.3) is 0 Å². The maximum atomic E-state index is 13.1. The Bertz CT molecular complexity index is 665. The Hall–Kier alpha value is -1.79. The quantitative estimate of drug-likeness (QED) is 0.858. The molecule has 3 nitrogen and oxygen atoms in total. The molecule has 0 aliphatic carbocycles. The average molecular weight is 319 g/mol. The highest BCUT2D eigenvalue weighted by atomic mass is 32.1. The van der Waals surface area contributed by atoms with E-state index in [4.69, 9.17) is 12.2 Å². The van der Waals surface area contributed by atoms with Gasteiger partial charge in [0.2, 0.25) is 0 Å². The van der Waals surface area contributed by atoms with Crippen LogP contribution in [-0.4, -0.2) is 22.9 Å². The first-order valence-corrected chi connectivity index (χ1v) is 7.90. The second-order valence-electron chi connectivity index (χ2n) is 4.73. The van der Waals surface area contributed by atoms with Crippen molar-refractivity contribution in [3.63, 3.8) is 0 Å². The summed E-state index contributed by atoms with van der Waals surface area (Å²) in [6, 6.07) is 8.57. The highest BCUT2D eigenvalue weighted by Gasteiger charge is 2.31. The van der Waals surface area contributed by atoms with Gasteiger partial charge in [0.1, 0.15) is 5.82 Å². The SMILES string of the molecule is CNC(=S)N1N=C(c2ccsc2)C[C@@H]1c1ccc(F)cc1. The highest BCUT2D eigenvalue weighted by molar-refractivity contribution is 7.80. The van der Waals surface area contributed by atoms with Gasteiger partial charge >= 0.3 is 0 Å². The van der Waals surface area contributed by atoms with E-state index < -0.39 is 0 Å². The third-order valence-corrected chi connectivity index (χ3v) is 4.52. The normalized spacial score (nSPS) is 17.7. The Morgan fingerprint density at radius 3 is 2.76 bits per heavy atom. The molecule has 1 atom stereocenters. The van der Waals surface area contributed by atoms with Gasteiger partial charge in [-0.3, -0.25) is 0 Å². The molecule has 0 amide bonds. The number of rotatable bonds is 2. The van der Waals surface area contributed by atoms with E-state index in [-0.39, 0.29) is 11.9 Å². The summed E-state index contributed by atoms with van der Waals surface area (Å²) < 4.78 is 13.1. The van der Waals surface area contributed by atoms with Crippen LogP contribution in [0.5, 0.6) is 0 Å². The van der Waals surface area contributed by atoms with Crippen molar-refractivity contribution in [2.75, 3.05) is 7.05 Å². The van der Waals surface area contributed by atoms with Crippen LogP contribution >= 0.6 is 23.6 Å². The molecule has 1 aromatic carbocycles. The summed E-state index contributed by atoms with van der Waals surface area (Å²) in [7, 11) is 1.78. The number of nitrogens with one attached hydrogen (secondary N) is 1. The minimum atomic E-state index is -0.238. The number of hydrazone groups is 1. The van der Waals surface area contributed by atoms with Crippen molar-refractivity contribution in [2.45, 2.75) is 12.5 Å². The van der Waals surface area contributed by atoms with E-state index in [1.54, 1.807) is 35.5 Å². The maximum absolute atomic E-state index is 13.1. The molecule has 1 aliphatic heterocycles. The van der Waals surface area contributed by atoms with E-state index in [1.165, 1.54) is 12.1 Å². The first kappa shape index (κ1) is 14.2. The molecule has 0 bridgehead atoms. The maximum Gasteiger partial charge on any atom is 0.189 e. The van der Waals surface area contributed by atoms with E-state index >= 15 is 0 Å². The van der Waals surface area contributed by atoms with Crippen molar-refractivity contribution in [3.8, 4) is 0 Å². The van der Waals surface area contributed by atoms with Crippen molar-refractivity contribution < 1.29 is 4.39 Å². The van der Waals surface area contributed by atoms with Gasteiger partial charge in [-0.1, -0.05) is 12.1 Å². The third-order valence-electron chi connectivity index (χ3n) is 3.44. The van der Waals surface area contributed by atoms with Crippen molar-refractivity contribution in [3.05, 3.63) is 58.0 Å². The van der Waals surface area contributed by atoms with E-state index in [9.17, 15) is 4.39 Å². The first-order valence-electron chi connectivity index (χ1n) is 6.55. The van der Waals surface area contributed by atoms with Gasteiger partial charge in [0.25, 0.3) is 0 Å². The summed E-state index contributed by atoms with van der Waals surface area (Å²) in [6.45, 7) is 0. The van der Waals surface area contributed by atoms with Crippen LogP contribution in [0.15, 0.2) is 46.2 Å². The molecule has 2 aromatic rings. The molecule has 0 fully saturated rings. The van der Waals surface area contributed by atoms with Gasteiger partial charge in [0, 0.05) is 19.0 Å². The van der Waals surface area contributed by atoms with Crippen LogP contribution in [0.3, 0.4) is 0 Å². The molecule has 6 heteroatoms. The van der Waals surface area contributed by atoms with Crippen LogP contribution < -0.4 is 5.32 Å². The molecule has 0 saturated heterocycles. The Balaban J connectivity index is 1.93. The van der Waals surface area contributed by atoms with Gasteiger partial charge in [0.15, 0.2) is 5.11 Å². The number of halogens is 1. The predicted octanol–water partition coefficient (Wildman–Crippen LogP) is 3.54. The largest absolute Gasteiger partial charge is 0.364 e. The van der Waals surface area contributed by atoms with Gasteiger partial charge in [-0.15, -0.1) is 0 Å². The standard InChI is InChI=1S/C15H14FN3S2/c1-17-15(20)19-14(10-2-4-12(16)5-3-10)8-13(18-19)11-6-7-21-9-11/h2-7,9,14H,8H2,1H3,(H,17,20)/t14-/m1/s1. The van der Waals surface area contributed by atoms with Crippen LogP contribution in [0, 0.1) is 5.82 Å². The van der Waals surface area contributed by atoms with Gasteiger partial charge in [-0.05, 0) is 46.7 Å². The predicted molar refractivity (Wildman–Crippen MR) is 88.1 cm³/mol. The smallest absolute Gasteiger partial charge is 0.189 e. The van der Waals surface area contributed by atoms with E-state index in [2.05, 4.69) is 21.9 Å². The topological polar surface area (TPSA) is 27.6 Å². The molecule has 1 N–H and O–H groups in total. The number of benzene rings is 1. The van der Waals surface area contributed by atoms with Crippen LogP contribution in [0.4, 0.5) is 4.39 Å². The molecule has 21 heavy (non-hydrogen) atoms. The molecule has 0 saturated carbocycles. The van der Waals surface area contributed by atoms with Gasteiger partial charge in [0.05, 0.1) is 11.8 Å².